The number of hydrogen-bond acceptors (Lipinski definition) is 3. The molecule has 0 amide bonds. The molecule has 128 valence electrons. The van der Waals surface area contributed by atoms with Gasteiger partial charge in [0.1, 0.15) is 0 Å². The second-order valence-electron chi connectivity index (χ2n) is 4.94. The van der Waals surface area contributed by atoms with E-state index >= 15 is 0 Å². The van der Waals surface area contributed by atoms with E-state index in [1.165, 1.54) is 0 Å². The monoisotopic (exact) mass is 384 g/mol. The Hall–Kier alpha value is -1.69. The van der Waals surface area contributed by atoms with Gasteiger partial charge in [0.15, 0.2) is 16.6 Å². The van der Waals surface area contributed by atoms with Crippen LogP contribution in [0.4, 0.5) is 5.69 Å². The topological polar surface area (TPSA) is 42.5 Å². The lowest BCUT2D eigenvalue weighted by Gasteiger charge is -2.13. The summed E-state index contributed by atoms with van der Waals surface area (Å²) in [5.41, 5.74) is 1.83. The molecular formula is C17H18Cl2N2O2S. The van der Waals surface area contributed by atoms with Gasteiger partial charge in [0.05, 0.1) is 24.9 Å². The molecule has 0 saturated heterocycles. The van der Waals surface area contributed by atoms with Crippen LogP contribution in [0.15, 0.2) is 36.4 Å². The summed E-state index contributed by atoms with van der Waals surface area (Å²) in [6, 6.07) is 11.0. The molecule has 0 bridgehead atoms. The van der Waals surface area contributed by atoms with Crippen LogP contribution in [-0.4, -0.2) is 25.9 Å². The van der Waals surface area contributed by atoms with Crippen LogP contribution < -0.4 is 20.1 Å². The van der Waals surface area contributed by atoms with E-state index in [1.54, 1.807) is 32.4 Å². The molecule has 7 heteroatoms. The van der Waals surface area contributed by atoms with E-state index in [0.717, 1.165) is 12.0 Å². The van der Waals surface area contributed by atoms with Gasteiger partial charge in [-0.2, -0.15) is 0 Å². The Morgan fingerprint density at radius 3 is 2.46 bits per heavy atom. The SMILES string of the molecule is COc1ccc(CCNC(=S)Nc2ccc(Cl)cc2Cl)cc1OC. The van der Waals surface area contributed by atoms with Gasteiger partial charge in [-0.25, -0.2) is 0 Å². The van der Waals surface area contributed by atoms with Crippen LogP contribution in [0.1, 0.15) is 5.56 Å². The van der Waals surface area contributed by atoms with Crippen LogP contribution in [-0.2, 0) is 6.42 Å². The molecule has 24 heavy (non-hydrogen) atoms. The summed E-state index contributed by atoms with van der Waals surface area (Å²) >= 11 is 17.3. The largest absolute Gasteiger partial charge is 0.493 e. The third-order valence-electron chi connectivity index (χ3n) is 3.33. The number of benzene rings is 2. The molecule has 0 aliphatic carbocycles. The smallest absolute Gasteiger partial charge is 0.170 e. The number of halogens is 2. The van der Waals surface area contributed by atoms with Crippen LogP contribution in [0.2, 0.25) is 10.0 Å². The highest BCUT2D eigenvalue weighted by atomic mass is 35.5. The minimum atomic E-state index is 0.500. The summed E-state index contributed by atoms with van der Waals surface area (Å²) in [5.74, 6) is 1.42. The number of ether oxygens (including phenoxy) is 2. The minimum Gasteiger partial charge on any atom is -0.493 e. The van der Waals surface area contributed by atoms with E-state index in [-0.39, 0.29) is 0 Å². The highest BCUT2D eigenvalue weighted by molar-refractivity contribution is 7.80. The van der Waals surface area contributed by atoms with Gasteiger partial charge in [-0.15, -0.1) is 0 Å². The zero-order chi connectivity index (χ0) is 17.5. The Morgan fingerprint density at radius 1 is 1.04 bits per heavy atom. The first-order valence-electron chi connectivity index (χ1n) is 7.24. The van der Waals surface area contributed by atoms with Crippen LogP contribution in [0, 0.1) is 0 Å². The molecule has 0 atom stereocenters. The van der Waals surface area contributed by atoms with Gasteiger partial charge in [0.2, 0.25) is 0 Å². The Kier molecular flexibility index (Phi) is 6.97. The van der Waals surface area contributed by atoms with Crippen molar-refractivity contribution in [1.82, 2.24) is 5.32 Å². The first-order valence-corrected chi connectivity index (χ1v) is 8.40. The van der Waals surface area contributed by atoms with Crippen molar-refractivity contribution in [2.45, 2.75) is 6.42 Å². The average Bonchev–Trinajstić information content (AvgIpc) is 2.57. The van der Waals surface area contributed by atoms with E-state index < -0.39 is 0 Å². The Balaban J connectivity index is 1.86. The summed E-state index contributed by atoms with van der Waals surface area (Å²) in [4.78, 5) is 0. The van der Waals surface area contributed by atoms with E-state index in [9.17, 15) is 0 Å². The molecule has 0 spiro atoms. The molecule has 0 aliphatic rings. The standard InChI is InChI=1S/C17H18Cl2N2O2S/c1-22-15-6-3-11(9-16(15)23-2)7-8-20-17(24)21-14-5-4-12(18)10-13(14)19/h3-6,9-10H,7-8H2,1-2H3,(H2,20,21,24). The maximum absolute atomic E-state index is 6.11. The van der Waals surface area contributed by atoms with Crippen molar-refractivity contribution >= 4 is 46.2 Å². The molecule has 0 aromatic heterocycles. The molecular weight excluding hydrogens is 367 g/mol. The summed E-state index contributed by atoms with van der Waals surface area (Å²) in [6.45, 7) is 0.673. The van der Waals surface area contributed by atoms with E-state index in [1.807, 2.05) is 18.2 Å². The fourth-order valence-electron chi connectivity index (χ4n) is 2.11. The predicted octanol–water partition coefficient (Wildman–Crippen LogP) is 4.54. The van der Waals surface area contributed by atoms with Crippen molar-refractivity contribution in [3.05, 3.63) is 52.0 Å². The van der Waals surface area contributed by atoms with Gasteiger partial charge in [0, 0.05) is 11.6 Å². The predicted molar refractivity (Wildman–Crippen MR) is 104 cm³/mol. The zero-order valence-corrected chi connectivity index (χ0v) is 15.7. The van der Waals surface area contributed by atoms with Crippen molar-refractivity contribution in [3.8, 4) is 11.5 Å². The lowest BCUT2D eigenvalue weighted by atomic mass is 10.1. The highest BCUT2D eigenvalue weighted by Crippen LogP contribution is 2.27. The third-order valence-corrected chi connectivity index (χ3v) is 4.12. The number of methoxy groups -OCH3 is 2. The van der Waals surface area contributed by atoms with E-state index in [0.29, 0.717) is 38.9 Å². The molecule has 0 heterocycles. The Morgan fingerprint density at radius 2 is 1.79 bits per heavy atom. The normalized spacial score (nSPS) is 10.2. The number of thiocarbonyl (C=S) groups is 1. The molecule has 0 saturated carbocycles. The maximum atomic E-state index is 6.11. The third kappa shape index (κ3) is 5.16. The number of hydrogen-bond donors (Lipinski definition) is 2. The Bertz CT molecular complexity index is 726. The first kappa shape index (κ1) is 18.6. The summed E-state index contributed by atoms with van der Waals surface area (Å²) in [7, 11) is 3.24. The second-order valence-corrected chi connectivity index (χ2v) is 6.20. The van der Waals surface area contributed by atoms with Crippen molar-refractivity contribution in [3.63, 3.8) is 0 Å². The van der Waals surface area contributed by atoms with Crippen LogP contribution in [0.25, 0.3) is 0 Å². The average molecular weight is 385 g/mol. The summed E-state index contributed by atoms with van der Waals surface area (Å²) in [5, 5.41) is 7.79. The second kappa shape index (κ2) is 8.97. The van der Waals surface area contributed by atoms with Gasteiger partial charge in [0.25, 0.3) is 0 Å². The van der Waals surface area contributed by atoms with Gasteiger partial charge < -0.3 is 20.1 Å². The molecule has 2 aromatic carbocycles. The molecule has 0 unspecified atom stereocenters. The molecule has 0 fully saturated rings. The van der Waals surface area contributed by atoms with Crippen molar-refractivity contribution < 1.29 is 9.47 Å². The van der Waals surface area contributed by atoms with E-state index in [2.05, 4.69) is 10.6 Å². The highest BCUT2D eigenvalue weighted by Gasteiger charge is 2.06. The fourth-order valence-corrected chi connectivity index (χ4v) is 2.78. The lowest BCUT2D eigenvalue weighted by Crippen LogP contribution is -2.30. The van der Waals surface area contributed by atoms with Gasteiger partial charge in [-0.3, -0.25) is 0 Å². The molecule has 0 radical (unpaired) electrons. The first-order chi connectivity index (χ1) is 11.5. The number of nitrogens with one attached hydrogen (secondary N) is 2. The maximum Gasteiger partial charge on any atom is 0.170 e. The molecule has 2 rings (SSSR count). The number of rotatable bonds is 6. The molecule has 4 nitrogen and oxygen atoms in total. The minimum absolute atomic E-state index is 0.500. The summed E-state index contributed by atoms with van der Waals surface area (Å²) in [6.07, 6.45) is 0.788. The van der Waals surface area contributed by atoms with E-state index in [4.69, 9.17) is 44.9 Å². The summed E-state index contributed by atoms with van der Waals surface area (Å²) < 4.78 is 10.5. The van der Waals surface area contributed by atoms with Gasteiger partial charge >= 0.3 is 0 Å². The van der Waals surface area contributed by atoms with Crippen LogP contribution in [0.3, 0.4) is 0 Å². The quantitative estimate of drug-likeness (QED) is 0.715. The molecule has 2 aromatic rings. The molecule has 2 N–H and O–H groups in total. The Labute approximate surface area is 157 Å². The van der Waals surface area contributed by atoms with Gasteiger partial charge in [-0.1, -0.05) is 29.3 Å². The van der Waals surface area contributed by atoms with Crippen LogP contribution in [0.5, 0.6) is 11.5 Å². The fraction of sp³-hybridized carbons (Fsp3) is 0.235. The van der Waals surface area contributed by atoms with Crippen molar-refractivity contribution in [1.29, 1.82) is 0 Å². The van der Waals surface area contributed by atoms with Crippen molar-refractivity contribution in [2.75, 3.05) is 26.1 Å². The van der Waals surface area contributed by atoms with Crippen molar-refractivity contribution in [2.24, 2.45) is 0 Å². The van der Waals surface area contributed by atoms with Crippen LogP contribution >= 0.6 is 35.4 Å². The zero-order valence-electron chi connectivity index (χ0n) is 13.4. The van der Waals surface area contributed by atoms with Gasteiger partial charge in [-0.05, 0) is 54.5 Å². The lowest BCUT2D eigenvalue weighted by molar-refractivity contribution is 0.354. The molecule has 0 aliphatic heterocycles. The number of anilines is 1.